The van der Waals surface area contributed by atoms with Crippen LogP contribution < -0.4 is 0 Å². The fraction of sp³-hybridized carbons (Fsp3) is 0.833. The van der Waals surface area contributed by atoms with E-state index in [1.54, 1.807) is 0 Å². The summed E-state index contributed by atoms with van der Waals surface area (Å²) in [6, 6.07) is 0. The third-order valence-electron chi connectivity index (χ3n) is 1.14. The van der Waals surface area contributed by atoms with Crippen LogP contribution in [0.5, 0.6) is 0 Å². The molecule has 1 N–H and O–H groups in total. The zero-order valence-corrected chi connectivity index (χ0v) is 6.39. The second kappa shape index (κ2) is 4.30. The lowest BCUT2D eigenvalue weighted by atomic mass is 10.4. The van der Waals surface area contributed by atoms with Crippen LogP contribution in [0.25, 0.3) is 0 Å². The number of ether oxygens (including phenoxy) is 1. The highest BCUT2D eigenvalue weighted by Gasteiger charge is 2.36. The quantitative estimate of drug-likeness (QED) is 0.722. The van der Waals surface area contributed by atoms with Crippen molar-refractivity contribution in [1.29, 1.82) is 0 Å². The van der Waals surface area contributed by atoms with Gasteiger partial charge in [-0.05, 0) is 6.92 Å². The first-order valence-corrected chi connectivity index (χ1v) is 3.24. The predicted octanol–water partition coefficient (Wildman–Crippen LogP) is 1.43. The first-order chi connectivity index (χ1) is 5.34. The van der Waals surface area contributed by atoms with E-state index in [2.05, 4.69) is 4.74 Å². The third-order valence-corrected chi connectivity index (χ3v) is 1.14. The zero-order chi connectivity index (χ0) is 9.78. The highest BCUT2D eigenvalue weighted by molar-refractivity contribution is 5.66. The van der Waals surface area contributed by atoms with Gasteiger partial charge in [-0.25, -0.2) is 0 Å². The van der Waals surface area contributed by atoms with Crippen LogP contribution >= 0.6 is 0 Å². The number of hydrogen-bond donors (Lipinski definition) is 1. The van der Waals surface area contributed by atoms with Gasteiger partial charge in [0.2, 0.25) is 0 Å². The molecule has 6 heteroatoms. The van der Waals surface area contributed by atoms with Gasteiger partial charge in [-0.1, -0.05) is 0 Å². The summed E-state index contributed by atoms with van der Waals surface area (Å²) in [5.74, 6) is -1.18. The van der Waals surface area contributed by atoms with E-state index in [1.165, 1.54) is 0 Å². The Balaban J connectivity index is 3.58. The van der Waals surface area contributed by atoms with Crippen molar-refractivity contribution in [3.05, 3.63) is 0 Å². The standard InChI is InChI=1S/C6H9F3O3/c1-4(6(7,8)9)12-3-2-5(10)11/h4H,2-3H2,1H3,(H,10,11)/t4-/m1/s1. The summed E-state index contributed by atoms with van der Waals surface area (Å²) in [5, 5.41) is 8.07. The van der Waals surface area contributed by atoms with E-state index in [0.717, 1.165) is 6.92 Å². The molecule has 0 spiro atoms. The molecule has 0 rings (SSSR count). The molecule has 0 aliphatic heterocycles. The first-order valence-electron chi connectivity index (χ1n) is 3.24. The van der Waals surface area contributed by atoms with E-state index in [-0.39, 0.29) is 0 Å². The molecule has 0 aromatic carbocycles. The minimum Gasteiger partial charge on any atom is -0.481 e. The fourth-order valence-corrected chi connectivity index (χ4v) is 0.418. The maximum absolute atomic E-state index is 11.7. The van der Waals surface area contributed by atoms with Gasteiger partial charge in [0.15, 0.2) is 6.10 Å². The predicted molar refractivity (Wildman–Crippen MR) is 33.7 cm³/mol. The van der Waals surface area contributed by atoms with Crippen molar-refractivity contribution in [3.63, 3.8) is 0 Å². The van der Waals surface area contributed by atoms with Gasteiger partial charge < -0.3 is 9.84 Å². The van der Waals surface area contributed by atoms with Crippen molar-refractivity contribution in [3.8, 4) is 0 Å². The molecule has 0 aliphatic rings. The zero-order valence-electron chi connectivity index (χ0n) is 6.39. The molecule has 0 heterocycles. The van der Waals surface area contributed by atoms with Crippen LogP contribution in [-0.4, -0.2) is 30.0 Å². The number of halogens is 3. The summed E-state index contributed by atoms with van der Waals surface area (Å²) in [6.45, 7) is 0.415. The van der Waals surface area contributed by atoms with E-state index in [1.807, 2.05) is 0 Å². The molecule has 0 aromatic rings. The molecule has 0 aliphatic carbocycles. The van der Waals surface area contributed by atoms with Crippen molar-refractivity contribution < 1.29 is 27.8 Å². The molecule has 0 radical (unpaired) electrons. The van der Waals surface area contributed by atoms with Gasteiger partial charge in [0, 0.05) is 0 Å². The lowest BCUT2D eigenvalue weighted by molar-refractivity contribution is -0.214. The van der Waals surface area contributed by atoms with E-state index in [4.69, 9.17) is 5.11 Å². The largest absolute Gasteiger partial charge is 0.481 e. The lowest BCUT2D eigenvalue weighted by Crippen LogP contribution is -2.29. The van der Waals surface area contributed by atoms with Crippen molar-refractivity contribution in [2.24, 2.45) is 0 Å². The molecule has 3 nitrogen and oxygen atoms in total. The van der Waals surface area contributed by atoms with Gasteiger partial charge in [0.1, 0.15) is 0 Å². The minimum atomic E-state index is -4.42. The van der Waals surface area contributed by atoms with Crippen LogP contribution in [0.15, 0.2) is 0 Å². The highest BCUT2D eigenvalue weighted by Crippen LogP contribution is 2.22. The summed E-state index contributed by atoms with van der Waals surface area (Å²) < 4.78 is 39.3. The molecule has 0 bridgehead atoms. The van der Waals surface area contributed by atoms with Gasteiger partial charge in [0.05, 0.1) is 13.0 Å². The van der Waals surface area contributed by atoms with Gasteiger partial charge in [-0.15, -0.1) is 0 Å². The molecule has 1 atom stereocenters. The lowest BCUT2D eigenvalue weighted by Gasteiger charge is -2.15. The van der Waals surface area contributed by atoms with E-state index >= 15 is 0 Å². The molecule has 0 saturated heterocycles. The maximum Gasteiger partial charge on any atom is 0.414 e. The van der Waals surface area contributed by atoms with Crippen LogP contribution in [0.4, 0.5) is 13.2 Å². The number of aliphatic carboxylic acids is 1. The van der Waals surface area contributed by atoms with Crippen LogP contribution in [-0.2, 0) is 9.53 Å². The summed E-state index contributed by atoms with van der Waals surface area (Å²) in [7, 11) is 0. The van der Waals surface area contributed by atoms with Crippen LogP contribution in [0.2, 0.25) is 0 Å². The first kappa shape index (κ1) is 11.2. The highest BCUT2D eigenvalue weighted by atomic mass is 19.4. The number of carboxylic acid groups (broad SMARTS) is 1. The molecule has 72 valence electrons. The molecule has 0 fully saturated rings. The monoisotopic (exact) mass is 186 g/mol. The van der Waals surface area contributed by atoms with Crippen LogP contribution in [0.1, 0.15) is 13.3 Å². The molecular weight excluding hydrogens is 177 g/mol. The Kier molecular flexibility index (Phi) is 4.02. The van der Waals surface area contributed by atoms with Gasteiger partial charge in [-0.3, -0.25) is 4.79 Å². The van der Waals surface area contributed by atoms with Gasteiger partial charge in [0.25, 0.3) is 0 Å². The molecule has 0 aromatic heterocycles. The molecule has 0 amide bonds. The van der Waals surface area contributed by atoms with Crippen molar-refractivity contribution in [1.82, 2.24) is 0 Å². The van der Waals surface area contributed by atoms with Crippen molar-refractivity contribution >= 4 is 5.97 Å². The Morgan fingerprint density at radius 2 is 2.08 bits per heavy atom. The number of carbonyl (C=O) groups is 1. The molecule has 12 heavy (non-hydrogen) atoms. The van der Waals surface area contributed by atoms with Crippen molar-refractivity contribution in [2.45, 2.75) is 25.6 Å². The summed E-state index contributed by atoms with van der Waals surface area (Å²) in [5.41, 5.74) is 0. The SMILES string of the molecule is C[C@@H](OCCC(=O)O)C(F)(F)F. The number of rotatable bonds is 4. The Hall–Kier alpha value is -0.780. The van der Waals surface area contributed by atoms with Crippen LogP contribution in [0.3, 0.4) is 0 Å². The number of hydrogen-bond acceptors (Lipinski definition) is 2. The minimum absolute atomic E-state index is 0.416. The molecule has 0 unspecified atom stereocenters. The number of carboxylic acids is 1. The second-order valence-electron chi connectivity index (χ2n) is 2.20. The molecule has 0 saturated carbocycles. The number of alkyl halides is 3. The van der Waals surface area contributed by atoms with E-state index < -0.39 is 31.3 Å². The smallest absolute Gasteiger partial charge is 0.414 e. The average molecular weight is 186 g/mol. The Labute approximate surface area is 67.1 Å². The topological polar surface area (TPSA) is 46.5 Å². The van der Waals surface area contributed by atoms with E-state index in [9.17, 15) is 18.0 Å². The second-order valence-corrected chi connectivity index (χ2v) is 2.20. The van der Waals surface area contributed by atoms with E-state index in [0.29, 0.717) is 0 Å². The Morgan fingerprint density at radius 1 is 1.58 bits per heavy atom. The van der Waals surface area contributed by atoms with Gasteiger partial charge >= 0.3 is 12.1 Å². The van der Waals surface area contributed by atoms with Crippen molar-refractivity contribution in [2.75, 3.05) is 6.61 Å². The average Bonchev–Trinajstić information content (AvgIpc) is 1.84. The van der Waals surface area contributed by atoms with Gasteiger partial charge in [-0.2, -0.15) is 13.2 Å². The summed E-state index contributed by atoms with van der Waals surface area (Å²) in [6.07, 6.45) is -6.74. The fourth-order valence-electron chi connectivity index (χ4n) is 0.418. The molecular formula is C6H9F3O3. The summed E-state index contributed by atoms with van der Waals surface area (Å²) in [4.78, 5) is 9.87. The third kappa shape index (κ3) is 4.95. The Bertz CT molecular complexity index is 155. The summed E-state index contributed by atoms with van der Waals surface area (Å²) >= 11 is 0. The maximum atomic E-state index is 11.7. The normalized spacial score (nSPS) is 14.3. The van der Waals surface area contributed by atoms with Crippen LogP contribution in [0, 0.1) is 0 Å². The Morgan fingerprint density at radius 3 is 2.42 bits per heavy atom.